The van der Waals surface area contributed by atoms with Crippen molar-refractivity contribution in [3.8, 4) is 0 Å². The third kappa shape index (κ3) is 8.39. The van der Waals surface area contributed by atoms with Gasteiger partial charge in [0.2, 0.25) is 21.8 Å². The highest BCUT2D eigenvalue weighted by molar-refractivity contribution is 7.92. The molecule has 0 radical (unpaired) electrons. The first-order chi connectivity index (χ1) is 16.6. The van der Waals surface area contributed by atoms with Crippen molar-refractivity contribution < 1.29 is 18.0 Å². The van der Waals surface area contributed by atoms with Gasteiger partial charge in [-0.15, -0.1) is 0 Å². The van der Waals surface area contributed by atoms with Gasteiger partial charge < -0.3 is 10.2 Å². The largest absolute Gasteiger partial charge is 0.350 e. The van der Waals surface area contributed by atoms with E-state index in [1.54, 1.807) is 44.2 Å². The minimum Gasteiger partial charge on any atom is -0.350 e. The fraction of sp³-hybridized carbons (Fsp3) is 0.462. The molecule has 0 aliphatic carbocycles. The molecular formula is C26H35Cl2N3O4S. The number of nitrogens with zero attached hydrogens (tertiary/aromatic N) is 2. The lowest BCUT2D eigenvalue weighted by molar-refractivity contribution is -0.141. The quantitative estimate of drug-likeness (QED) is 0.437. The minimum absolute atomic E-state index is 0.0449. The monoisotopic (exact) mass is 555 g/mol. The predicted octanol–water partition coefficient (Wildman–Crippen LogP) is 5.18. The first-order valence-electron chi connectivity index (χ1n) is 11.7. The Balaban J connectivity index is 2.24. The van der Waals surface area contributed by atoms with Gasteiger partial charge in [-0.2, -0.15) is 0 Å². The van der Waals surface area contributed by atoms with Crippen LogP contribution in [-0.2, 0) is 26.2 Å². The van der Waals surface area contributed by atoms with Crippen LogP contribution in [0.4, 0.5) is 5.69 Å². The van der Waals surface area contributed by atoms with Crippen LogP contribution in [0.25, 0.3) is 0 Å². The molecule has 0 aliphatic heterocycles. The number of benzene rings is 2. The molecule has 36 heavy (non-hydrogen) atoms. The maximum atomic E-state index is 13.4. The normalized spacial score (nSPS) is 12.7. The number of anilines is 1. The number of nitrogens with one attached hydrogen (secondary N) is 1. The standard InChI is InChI=1S/C26H35Cl2N3O4S/c1-18-21(27)13-9-14-23(18)31(36(6,34)35)16-10-15-24(32)30(17-20-11-7-8-12-22(20)28)19(2)25(33)29-26(3,4)5/h7-9,11-14,19H,10,15-17H2,1-6H3,(H,29,33). The molecule has 2 rings (SSSR count). The summed E-state index contributed by atoms with van der Waals surface area (Å²) in [6.07, 6.45) is 1.42. The fourth-order valence-corrected chi connectivity index (χ4v) is 5.10. The molecule has 0 bridgehead atoms. The van der Waals surface area contributed by atoms with Crippen molar-refractivity contribution in [1.29, 1.82) is 0 Å². The molecule has 7 nitrogen and oxygen atoms in total. The summed E-state index contributed by atoms with van der Waals surface area (Å²) in [5.41, 5.74) is 1.37. The zero-order valence-corrected chi connectivity index (χ0v) is 24.0. The van der Waals surface area contributed by atoms with Gasteiger partial charge in [-0.25, -0.2) is 8.42 Å². The number of rotatable bonds is 10. The summed E-state index contributed by atoms with van der Waals surface area (Å²) in [4.78, 5) is 27.8. The van der Waals surface area contributed by atoms with E-state index in [-0.39, 0.29) is 37.7 Å². The Bertz CT molecular complexity index is 1200. The SMILES string of the molecule is Cc1c(Cl)cccc1N(CCCC(=O)N(Cc1ccccc1Cl)C(C)C(=O)NC(C)(C)C)S(C)(=O)=O. The summed E-state index contributed by atoms with van der Waals surface area (Å²) in [5, 5.41) is 3.87. The Morgan fingerprint density at radius 2 is 1.64 bits per heavy atom. The number of amides is 2. The van der Waals surface area contributed by atoms with Gasteiger partial charge in [-0.3, -0.25) is 13.9 Å². The highest BCUT2D eigenvalue weighted by Crippen LogP contribution is 2.28. The van der Waals surface area contributed by atoms with Crippen LogP contribution in [0.5, 0.6) is 0 Å². The molecule has 1 unspecified atom stereocenters. The van der Waals surface area contributed by atoms with Crippen molar-refractivity contribution in [3.63, 3.8) is 0 Å². The van der Waals surface area contributed by atoms with E-state index in [1.165, 1.54) is 9.21 Å². The summed E-state index contributed by atoms with van der Waals surface area (Å²) in [6, 6.07) is 11.5. The summed E-state index contributed by atoms with van der Waals surface area (Å²) in [6.45, 7) is 9.28. The molecule has 1 N–H and O–H groups in total. The van der Waals surface area contributed by atoms with Crippen LogP contribution < -0.4 is 9.62 Å². The Morgan fingerprint density at radius 3 is 2.22 bits per heavy atom. The Labute approximate surface area is 224 Å². The highest BCUT2D eigenvalue weighted by atomic mass is 35.5. The zero-order chi connectivity index (χ0) is 27.3. The number of hydrogen-bond donors (Lipinski definition) is 1. The molecule has 0 saturated heterocycles. The smallest absolute Gasteiger partial charge is 0.242 e. The molecule has 2 aromatic rings. The number of halogens is 2. The van der Waals surface area contributed by atoms with E-state index >= 15 is 0 Å². The van der Waals surface area contributed by atoms with Crippen LogP contribution >= 0.6 is 23.2 Å². The van der Waals surface area contributed by atoms with Gasteiger partial charge in [0.05, 0.1) is 11.9 Å². The molecular weight excluding hydrogens is 521 g/mol. The maximum Gasteiger partial charge on any atom is 0.242 e. The third-order valence-corrected chi connectivity index (χ3v) is 7.58. The average Bonchev–Trinajstić information content (AvgIpc) is 2.76. The number of sulfonamides is 1. The number of carbonyl (C=O) groups excluding carboxylic acids is 2. The molecule has 1 atom stereocenters. The van der Waals surface area contributed by atoms with Crippen molar-refractivity contribution >= 4 is 50.7 Å². The van der Waals surface area contributed by atoms with Gasteiger partial charge in [-0.1, -0.05) is 47.5 Å². The first kappa shape index (κ1) is 29.9. The number of hydrogen-bond acceptors (Lipinski definition) is 4. The Hall–Kier alpha value is -2.29. The lowest BCUT2D eigenvalue weighted by Crippen LogP contribution is -2.52. The van der Waals surface area contributed by atoms with Crippen LogP contribution in [0.2, 0.25) is 10.0 Å². The molecule has 0 heterocycles. The van der Waals surface area contributed by atoms with E-state index < -0.39 is 21.6 Å². The Kier molecular flexibility index (Phi) is 10.2. The molecule has 10 heteroatoms. The maximum absolute atomic E-state index is 13.4. The summed E-state index contributed by atoms with van der Waals surface area (Å²) >= 11 is 12.5. The second kappa shape index (κ2) is 12.3. The number of carbonyl (C=O) groups is 2. The zero-order valence-electron chi connectivity index (χ0n) is 21.6. The second-order valence-electron chi connectivity index (χ2n) is 9.85. The van der Waals surface area contributed by atoms with Crippen LogP contribution in [0.3, 0.4) is 0 Å². The second-order valence-corrected chi connectivity index (χ2v) is 12.6. The van der Waals surface area contributed by atoms with Gasteiger partial charge in [0, 0.05) is 35.1 Å². The van der Waals surface area contributed by atoms with E-state index in [2.05, 4.69) is 5.32 Å². The highest BCUT2D eigenvalue weighted by Gasteiger charge is 2.29. The van der Waals surface area contributed by atoms with E-state index in [1.807, 2.05) is 32.9 Å². The minimum atomic E-state index is -3.61. The molecule has 0 aromatic heterocycles. The van der Waals surface area contributed by atoms with Crippen LogP contribution in [0.15, 0.2) is 42.5 Å². The fourth-order valence-electron chi connectivity index (χ4n) is 3.72. The van der Waals surface area contributed by atoms with Gasteiger partial charge in [0.25, 0.3) is 0 Å². The van der Waals surface area contributed by atoms with Crippen molar-refractivity contribution in [1.82, 2.24) is 10.2 Å². The van der Waals surface area contributed by atoms with Gasteiger partial charge in [0.15, 0.2) is 0 Å². The summed E-state index contributed by atoms with van der Waals surface area (Å²) in [5.74, 6) is -0.557. The van der Waals surface area contributed by atoms with Crippen LogP contribution in [0.1, 0.15) is 51.7 Å². The Morgan fingerprint density at radius 1 is 1.03 bits per heavy atom. The van der Waals surface area contributed by atoms with E-state index in [0.717, 1.165) is 11.8 Å². The molecule has 0 aliphatic rings. The average molecular weight is 557 g/mol. The van der Waals surface area contributed by atoms with E-state index in [9.17, 15) is 18.0 Å². The molecule has 198 valence electrons. The van der Waals surface area contributed by atoms with Crippen molar-refractivity contribution in [3.05, 3.63) is 63.6 Å². The van der Waals surface area contributed by atoms with Gasteiger partial charge >= 0.3 is 0 Å². The van der Waals surface area contributed by atoms with Crippen LogP contribution in [-0.4, -0.2) is 49.5 Å². The lowest BCUT2D eigenvalue weighted by Gasteiger charge is -2.32. The van der Waals surface area contributed by atoms with Crippen LogP contribution in [0, 0.1) is 6.92 Å². The molecule has 0 fully saturated rings. The summed E-state index contributed by atoms with van der Waals surface area (Å²) in [7, 11) is -3.61. The third-order valence-electron chi connectivity index (χ3n) is 5.62. The van der Waals surface area contributed by atoms with Crippen molar-refractivity contribution in [2.45, 2.75) is 65.6 Å². The first-order valence-corrected chi connectivity index (χ1v) is 14.3. The molecule has 0 saturated carbocycles. The summed E-state index contributed by atoms with van der Waals surface area (Å²) < 4.78 is 26.3. The lowest BCUT2D eigenvalue weighted by atomic mass is 10.1. The van der Waals surface area contributed by atoms with Crippen molar-refractivity contribution in [2.24, 2.45) is 0 Å². The molecule has 0 spiro atoms. The molecule has 2 amide bonds. The van der Waals surface area contributed by atoms with Crippen molar-refractivity contribution in [2.75, 3.05) is 17.1 Å². The predicted molar refractivity (Wildman–Crippen MR) is 147 cm³/mol. The molecule has 2 aromatic carbocycles. The van der Waals surface area contributed by atoms with E-state index in [0.29, 0.717) is 21.3 Å². The topological polar surface area (TPSA) is 86.8 Å². The van der Waals surface area contributed by atoms with Gasteiger partial charge in [-0.05, 0) is 70.4 Å². The van der Waals surface area contributed by atoms with Gasteiger partial charge in [0.1, 0.15) is 6.04 Å². The van der Waals surface area contributed by atoms with E-state index in [4.69, 9.17) is 23.2 Å².